The third kappa shape index (κ3) is 4.42. The predicted molar refractivity (Wildman–Crippen MR) is 76.5 cm³/mol. The number of hydrogen-bond donors (Lipinski definition) is 2. The van der Waals surface area contributed by atoms with Crippen LogP contribution in [0.15, 0.2) is 28.7 Å². The van der Waals surface area contributed by atoms with Crippen molar-refractivity contribution in [1.29, 1.82) is 0 Å². The van der Waals surface area contributed by atoms with Gasteiger partial charge in [0, 0.05) is 23.5 Å². The molecule has 1 heterocycles. The summed E-state index contributed by atoms with van der Waals surface area (Å²) in [5.41, 5.74) is 1.20. The second-order valence-electron chi connectivity index (χ2n) is 4.74. The van der Waals surface area contributed by atoms with Gasteiger partial charge in [0.1, 0.15) is 0 Å². The summed E-state index contributed by atoms with van der Waals surface area (Å²) in [6.07, 6.45) is 3.62. The Balaban J connectivity index is 1.72. The number of piperidine rings is 1. The normalized spacial score (nSPS) is 19.5. The summed E-state index contributed by atoms with van der Waals surface area (Å²) in [5, 5.41) is 6.39. The van der Waals surface area contributed by atoms with Gasteiger partial charge in [-0.1, -0.05) is 28.1 Å². The second-order valence-corrected chi connectivity index (χ2v) is 5.65. The van der Waals surface area contributed by atoms with Crippen molar-refractivity contribution in [2.45, 2.75) is 31.7 Å². The van der Waals surface area contributed by atoms with Gasteiger partial charge in [-0.05, 0) is 43.5 Å². The maximum Gasteiger partial charge on any atom is 0.220 e. The Labute approximate surface area is 116 Å². The van der Waals surface area contributed by atoms with Gasteiger partial charge in [-0.25, -0.2) is 0 Å². The van der Waals surface area contributed by atoms with Crippen LogP contribution in [0.2, 0.25) is 0 Å². The largest absolute Gasteiger partial charge is 0.352 e. The van der Waals surface area contributed by atoms with Crippen LogP contribution in [0.1, 0.15) is 24.8 Å². The molecule has 2 rings (SSSR count). The molecular weight excluding hydrogens is 292 g/mol. The Morgan fingerprint density at radius 3 is 2.83 bits per heavy atom. The number of aryl methyl sites for hydroxylation is 1. The summed E-state index contributed by atoms with van der Waals surface area (Å²) < 4.78 is 1.07. The maximum atomic E-state index is 11.8. The lowest BCUT2D eigenvalue weighted by atomic mass is 10.1. The lowest BCUT2D eigenvalue weighted by Crippen LogP contribution is -2.45. The summed E-state index contributed by atoms with van der Waals surface area (Å²) in [6, 6.07) is 8.45. The molecule has 0 spiro atoms. The number of carbonyl (C=O) groups excluding carboxylic acids is 1. The van der Waals surface area contributed by atoms with Crippen molar-refractivity contribution in [3.63, 3.8) is 0 Å². The molecule has 0 aliphatic carbocycles. The summed E-state index contributed by atoms with van der Waals surface area (Å²) in [4.78, 5) is 11.8. The Morgan fingerprint density at radius 1 is 1.39 bits per heavy atom. The molecule has 1 amide bonds. The van der Waals surface area contributed by atoms with Crippen LogP contribution in [0.25, 0.3) is 0 Å². The van der Waals surface area contributed by atoms with Crippen molar-refractivity contribution in [3.8, 4) is 0 Å². The highest BCUT2D eigenvalue weighted by Gasteiger charge is 2.14. The Hall–Kier alpha value is -0.870. The van der Waals surface area contributed by atoms with Crippen LogP contribution in [-0.2, 0) is 11.2 Å². The molecule has 98 valence electrons. The van der Waals surface area contributed by atoms with Crippen LogP contribution in [-0.4, -0.2) is 25.0 Å². The fraction of sp³-hybridized carbons (Fsp3) is 0.500. The average molecular weight is 311 g/mol. The molecule has 0 radical (unpaired) electrons. The number of benzene rings is 1. The zero-order chi connectivity index (χ0) is 12.8. The van der Waals surface area contributed by atoms with Gasteiger partial charge in [0.25, 0.3) is 0 Å². The van der Waals surface area contributed by atoms with Crippen LogP contribution in [0.3, 0.4) is 0 Å². The van der Waals surface area contributed by atoms with Crippen molar-refractivity contribution in [3.05, 3.63) is 34.3 Å². The zero-order valence-electron chi connectivity index (χ0n) is 10.4. The van der Waals surface area contributed by atoms with E-state index in [4.69, 9.17) is 0 Å². The van der Waals surface area contributed by atoms with Gasteiger partial charge in [0.05, 0.1) is 0 Å². The number of nitrogens with one attached hydrogen (secondary N) is 2. The van der Waals surface area contributed by atoms with E-state index in [0.717, 1.165) is 36.8 Å². The van der Waals surface area contributed by atoms with Gasteiger partial charge in [-0.2, -0.15) is 0 Å². The molecule has 0 bridgehead atoms. The van der Waals surface area contributed by atoms with Crippen molar-refractivity contribution in [2.75, 3.05) is 13.1 Å². The van der Waals surface area contributed by atoms with Gasteiger partial charge in [-0.15, -0.1) is 0 Å². The molecule has 1 aliphatic rings. The molecule has 1 fully saturated rings. The first kappa shape index (κ1) is 13.6. The Kier molecular flexibility index (Phi) is 5.20. The fourth-order valence-electron chi connectivity index (χ4n) is 2.18. The standard InChI is InChI=1S/C14H19BrN2O/c15-12-6-3-11(4-7-12)5-8-14(18)17-13-2-1-9-16-10-13/h3-4,6-7,13,16H,1-2,5,8-10H2,(H,17,18). The molecule has 1 aromatic rings. The minimum atomic E-state index is 0.159. The third-order valence-electron chi connectivity index (χ3n) is 3.22. The lowest BCUT2D eigenvalue weighted by molar-refractivity contribution is -0.121. The zero-order valence-corrected chi connectivity index (χ0v) is 12.0. The number of halogens is 1. The molecule has 1 unspecified atom stereocenters. The van der Waals surface area contributed by atoms with E-state index in [0.29, 0.717) is 12.5 Å². The van der Waals surface area contributed by atoms with Gasteiger partial charge >= 0.3 is 0 Å². The summed E-state index contributed by atoms with van der Waals surface area (Å²) in [5.74, 6) is 0.159. The van der Waals surface area contributed by atoms with E-state index in [1.165, 1.54) is 5.56 Å². The van der Waals surface area contributed by atoms with Crippen LogP contribution >= 0.6 is 15.9 Å². The van der Waals surface area contributed by atoms with E-state index < -0.39 is 0 Å². The molecular formula is C14H19BrN2O. The highest BCUT2D eigenvalue weighted by atomic mass is 79.9. The minimum absolute atomic E-state index is 0.159. The Morgan fingerprint density at radius 2 is 2.17 bits per heavy atom. The highest BCUT2D eigenvalue weighted by molar-refractivity contribution is 9.10. The molecule has 0 saturated carbocycles. The molecule has 2 N–H and O–H groups in total. The van der Waals surface area contributed by atoms with E-state index in [9.17, 15) is 4.79 Å². The van der Waals surface area contributed by atoms with Crippen LogP contribution < -0.4 is 10.6 Å². The molecule has 3 nitrogen and oxygen atoms in total. The van der Waals surface area contributed by atoms with Crippen molar-refractivity contribution >= 4 is 21.8 Å². The van der Waals surface area contributed by atoms with E-state index in [-0.39, 0.29) is 5.91 Å². The van der Waals surface area contributed by atoms with E-state index >= 15 is 0 Å². The fourth-order valence-corrected chi connectivity index (χ4v) is 2.45. The second kappa shape index (κ2) is 6.90. The molecule has 1 aliphatic heterocycles. The van der Waals surface area contributed by atoms with E-state index in [1.807, 2.05) is 12.1 Å². The van der Waals surface area contributed by atoms with Crippen molar-refractivity contribution in [1.82, 2.24) is 10.6 Å². The minimum Gasteiger partial charge on any atom is -0.352 e. The molecule has 1 aromatic carbocycles. The number of hydrogen-bond acceptors (Lipinski definition) is 2. The van der Waals surface area contributed by atoms with Crippen LogP contribution in [0, 0.1) is 0 Å². The maximum absolute atomic E-state index is 11.8. The Bertz CT molecular complexity index is 385. The summed E-state index contributed by atoms with van der Waals surface area (Å²) in [7, 11) is 0. The van der Waals surface area contributed by atoms with Crippen LogP contribution in [0.5, 0.6) is 0 Å². The first-order valence-electron chi connectivity index (χ1n) is 6.48. The molecule has 1 saturated heterocycles. The smallest absolute Gasteiger partial charge is 0.220 e. The molecule has 18 heavy (non-hydrogen) atoms. The third-order valence-corrected chi connectivity index (χ3v) is 3.74. The molecule has 1 atom stereocenters. The predicted octanol–water partition coefficient (Wildman–Crippen LogP) is 2.25. The molecule has 4 heteroatoms. The van der Waals surface area contributed by atoms with Gasteiger partial charge < -0.3 is 10.6 Å². The summed E-state index contributed by atoms with van der Waals surface area (Å²) in [6.45, 7) is 1.98. The van der Waals surface area contributed by atoms with Gasteiger partial charge in [0.15, 0.2) is 0 Å². The first-order valence-corrected chi connectivity index (χ1v) is 7.28. The SMILES string of the molecule is O=C(CCc1ccc(Br)cc1)NC1CCCNC1. The number of rotatable bonds is 4. The number of amides is 1. The first-order chi connectivity index (χ1) is 8.74. The summed E-state index contributed by atoms with van der Waals surface area (Å²) >= 11 is 3.41. The topological polar surface area (TPSA) is 41.1 Å². The monoisotopic (exact) mass is 310 g/mol. The lowest BCUT2D eigenvalue weighted by Gasteiger charge is -2.23. The van der Waals surface area contributed by atoms with Gasteiger partial charge in [0.2, 0.25) is 5.91 Å². The average Bonchev–Trinajstić information content (AvgIpc) is 2.39. The quantitative estimate of drug-likeness (QED) is 0.895. The molecule has 0 aromatic heterocycles. The van der Waals surface area contributed by atoms with Crippen molar-refractivity contribution < 1.29 is 4.79 Å². The van der Waals surface area contributed by atoms with Crippen molar-refractivity contribution in [2.24, 2.45) is 0 Å². The van der Waals surface area contributed by atoms with Crippen LogP contribution in [0.4, 0.5) is 0 Å². The van der Waals surface area contributed by atoms with Gasteiger partial charge in [-0.3, -0.25) is 4.79 Å². The van der Waals surface area contributed by atoms with E-state index in [1.54, 1.807) is 0 Å². The number of carbonyl (C=O) groups is 1. The highest BCUT2D eigenvalue weighted by Crippen LogP contribution is 2.12. The van der Waals surface area contributed by atoms with E-state index in [2.05, 4.69) is 38.7 Å².